The van der Waals surface area contributed by atoms with Gasteiger partial charge in [0.2, 0.25) is 0 Å². The molecule has 1 heterocycles. The van der Waals surface area contributed by atoms with Gasteiger partial charge in [-0.1, -0.05) is 29.8 Å². The molecule has 0 amide bonds. The average molecular weight is 330 g/mol. The monoisotopic (exact) mass is 329 g/mol. The minimum atomic E-state index is 0.620. The van der Waals surface area contributed by atoms with E-state index in [4.69, 9.17) is 16.3 Å². The average Bonchev–Trinajstić information content (AvgIpc) is 2.97. The number of hydrogen-bond donors (Lipinski definition) is 2. The Kier molecular flexibility index (Phi) is 5.16. The van der Waals surface area contributed by atoms with Crippen molar-refractivity contribution < 1.29 is 4.74 Å². The zero-order chi connectivity index (χ0) is 16.1. The largest absolute Gasteiger partial charge is 0.492 e. The SMILES string of the molecule is CCOc1ccc(CNCCc2nc3ccccc3[nH]2)cc1Cl. The summed E-state index contributed by atoms with van der Waals surface area (Å²) in [6.45, 7) is 4.19. The molecule has 0 saturated heterocycles. The van der Waals surface area contributed by atoms with Gasteiger partial charge in [-0.2, -0.15) is 0 Å². The molecule has 0 aliphatic carbocycles. The molecule has 0 unspecified atom stereocenters. The van der Waals surface area contributed by atoms with Crippen molar-refractivity contribution in [1.29, 1.82) is 0 Å². The van der Waals surface area contributed by atoms with Gasteiger partial charge < -0.3 is 15.0 Å². The summed E-state index contributed by atoms with van der Waals surface area (Å²) >= 11 is 6.19. The van der Waals surface area contributed by atoms with Gasteiger partial charge in [0, 0.05) is 19.5 Å². The molecule has 0 aliphatic rings. The first-order valence-electron chi connectivity index (χ1n) is 7.82. The van der Waals surface area contributed by atoms with Crippen molar-refractivity contribution >= 4 is 22.6 Å². The van der Waals surface area contributed by atoms with Crippen molar-refractivity contribution in [3.63, 3.8) is 0 Å². The zero-order valence-electron chi connectivity index (χ0n) is 13.1. The lowest BCUT2D eigenvalue weighted by molar-refractivity contribution is 0.340. The summed E-state index contributed by atoms with van der Waals surface area (Å²) < 4.78 is 5.44. The number of H-pyrrole nitrogens is 1. The van der Waals surface area contributed by atoms with Crippen LogP contribution in [0.2, 0.25) is 5.02 Å². The van der Waals surface area contributed by atoms with Crippen LogP contribution in [0.25, 0.3) is 11.0 Å². The van der Waals surface area contributed by atoms with Crippen LogP contribution in [-0.2, 0) is 13.0 Å². The van der Waals surface area contributed by atoms with E-state index in [0.717, 1.165) is 47.7 Å². The number of fused-ring (bicyclic) bond motifs is 1. The number of benzene rings is 2. The molecule has 0 aliphatic heterocycles. The molecule has 5 heteroatoms. The topological polar surface area (TPSA) is 49.9 Å². The number of hydrogen-bond acceptors (Lipinski definition) is 3. The third kappa shape index (κ3) is 4.03. The Morgan fingerprint density at radius 2 is 2.09 bits per heavy atom. The second-order valence-electron chi connectivity index (χ2n) is 5.33. The summed E-state index contributed by atoms with van der Waals surface area (Å²) in [5.74, 6) is 1.74. The highest BCUT2D eigenvalue weighted by atomic mass is 35.5. The third-order valence-corrected chi connectivity index (χ3v) is 3.90. The van der Waals surface area contributed by atoms with E-state index < -0.39 is 0 Å². The number of imidazole rings is 1. The van der Waals surface area contributed by atoms with E-state index in [9.17, 15) is 0 Å². The molecule has 0 saturated carbocycles. The first-order chi connectivity index (χ1) is 11.3. The van der Waals surface area contributed by atoms with Gasteiger partial charge in [-0.3, -0.25) is 0 Å². The van der Waals surface area contributed by atoms with Gasteiger partial charge in [0.25, 0.3) is 0 Å². The molecule has 2 aromatic carbocycles. The molecule has 2 N–H and O–H groups in total. The maximum Gasteiger partial charge on any atom is 0.137 e. The summed E-state index contributed by atoms with van der Waals surface area (Å²) in [7, 11) is 0. The third-order valence-electron chi connectivity index (χ3n) is 3.60. The Balaban J connectivity index is 1.50. The van der Waals surface area contributed by atoms with Crippen molar-refractivity contribution in [1.82, 2.24) is 15.3 Å². The molecule has 120 valence electrons. The summed E-state index contributed by atoms with van der Waals surface area (Å²) in [6.07, 6.45) is 0.861. The van der Waals surface area contributed by atoms with Gasteiger partial charge in [-0.05, 0) is 36.8 Å². The van der Waals surface area contributed by atoms with E-state index in [2.05, 4.69) is 15.3 Å². The normalized spacial score (nSPS) is 11.0. The smallest absolute Gasteiger partial charge is 0.137 e. The van der Waals surface area contributed by atoms with E-state index in [-0.39, 0.29) is 0 Å². The molecule has 0 spiro atoms. The summed E-state index contributed by atoms with van der Waals surface area (Å²) in [6, 6.07) is 14.0. The molecule has 0 bridgehead atoms. The van der Waals surface area contributed by atoms with Gasteiger partial charge in [0.1, 0.15) is 11.6 Å². The Hall–Kier alpha value is -2.04. The van der Waals surface area contributed by atoms with E-state index in [1.807, 2.05) is 49.4 Å². The number of nitrogens with zero attached hydrogens (tertiary/aromatic N) is 1. The van der Waals surface area contributed by atoms with Gasteiger partial charge >= 0.3 is 0 Å². The van der Waals surface area contributed by atoms with Crippen LogP contribution in [0.15, 0.2) is 42.5 Å². The van der Waals surface area contributed by atoms with Gasteiger partial charge in [0.05, 0.1) is 22.7 Å². The Morgan fingerprint density at radius 3 is 2.87 bits per heavy atom. The molecule has 23 heavy (non-hydrogen) atoms. The van der Waals surface area contributed by atoms with Crippen LogP contribution in [0.3, 0.4) is 0 Å². The second kappa shape index (κ2) is 7.49. The molecule has 1 aromatic heterocycles. The Labute approximate surface area is 140 Å². The number of ether oxygens (including phenoxy) is 1. The number of para-hydroxylation sites is 2. The van der Waals surface area contributed by atoms with E-state index in [1.54, 1.807) is 0 Å². The predicted octanol–water partition coefficient (Wildman–Crippen LogP) is 3.95. The highest BCUT2D eigenvalue weighted by Crippen LogP contribution is 2.25. The van der Waals surface area contributed by atoms with Crippen LogP contribution in [0, 0.1) is 0 Å². The number of nitrogens with one attached hydrogen (secondary N) is 2. The molecular weight excluding hydrogens is 310 g/mol. The lowest BCUT2D eigenvalue weighted by Crippen LogP contribution is -2.17. The molecule has 0 radical (unpaired) electrons. The fourth-order valence-electron chi connectivity index (χ4n) is 2.49. The van der Waals surface area contributed by atoms with Crippen LogP contribution in [-0.4, -0.2) is 23.1 Å². The molecule has 4 nitrogen and oxygen atoms in total. The Morgan fingerprint density at radius 1 is 1.22 bits per heavy atom. The molecule has 0 fully saturated rings. The number of aromatic amines is 1. The van der Waals surface area contributed by atoms with Crippen molar-refractivity contribution in [3.05, 3.63) is 58.9 Å². The van der Waals surface area contributed by atoms with Gasteiger partial charge in [0.15, 0.2) is 0 Å². The number of rotatable bonds is 7. The van der Waals surface area contributed by atoms with Crippen molar-refractivity contribution in [2.24, 2.45) is 0 Å². The van der Waals surface area contributed by atoms with E-state index >= 15 is 0 Å². The van der Waals surface area contributed by atoms with Gasteiger partial charge in [-0.15, -0.1) is 0 Å². The minimum absolute atomic E-state index is 0.620. The quantitative estimate of drug-likeness (QED) is 0.645. The first kappa shape index (κ1) is 15.8. The zero-order valence-corrected chi connectivity index (χ0v) is 13.9. The predicted molar refractivity (Wildman–Crippen MR) is 94.1 cm³/mol. The van der Waals surface area contributed by atoms with Crippen molar-refractivity contribution in [2.45, 2.75) is 19.9 Å². The van der Waals surface area contributed by atoms with Crippen molar-refractivity contribution in [3.8, 4) is 5.75 Å². The van der Waals surface area contributed by atoms with Crippen LogP contribution in [0.1, 0.15) is 18.3 Å². The van der Waals surface area contributed by atoms with Crippen LogP contribution in [0.4, 0.5) is 0 Å². The van der Waals surface area contributed by atoms with E-state index in [1.165, 1.54) is 0 Å². The fraction of sp³-hybridized carbons (Fsp3) is 0.278. The summed E-state index contributed by atoms with van der Waals surface area (Å²) in [5, 5.41) is 4.07. The molecule has 3 rings (SSSR count). The van der Waals surface area contributed by atoms with E-state index in [0.29, 0.717) is 11.6 Å². The van der Waals surface area contributed by atoms with Crippen LogP contribution >= 0.6 is 11.6 Å². The highest BCUT2D eigenvalue weighted by Gasteiger charge is 2.04. The minimum Gasteiger partial charge on any atom is -0.492 e. The molecule has 0 atom stereocenters. The van der Waals surface area contributed by atoms with Crippen LogP contribution < -0.4 is 10.1 Å². The standard InChI is InChI=1S/C18H20ClN3O/c1-2-23-17-8-7-13(11-14(17)19)12-20-10-9-18-21-15-5-3-4-6-16(15)22-18/h3-8,11,20H,2,9-10,12H2,1H3,(H,21,22). The van der Waals surface area contributed by atoms with Gasteiger partial charge in [-0.25, -0.2) is 4.98 Å². The highest BCUT2D eigenvalue weighted by molar-refractivity contribution is 6.32. The summed E-state index contributed by atoms with van der Waals surface area (Å²) in [4.78, 5) is 7.91. The maximum absolute atomic E-state index is 6.19. The maximum atomic E-state index is 6.19. The second-order valence-corrected chi connectivity index (χ2v) is 5.73. The van der Waals surface area contributed by atoms with Crippen LogP contribution in [0.5, 0.6) is 5.75 Å². The molecule has 3 aromatic rings. The number of halogens is 1. The summed E-state index contributed by atoms with van der Waals surface area (Å²) in [5.41, 5.74) is 3.24. The fourth-order valence-corrected chi connectivity index (χ4v) is 2.75. The Bertz CT molecular complexity index is 752. The lowest BCUT2D eigenvalue weighted by atomic mass is 10.2. The number of aromatic nitrogens is 2. The lowest BCUT2D eigenvalue weighted by Gasteiger charge is -2.08. The molecular formula is C18H20ClN3O. The van der Waals surface area contributed by atoms with Crippen molar-refractivity contribution in [2.75, 3.05) is 13.2 Å². The first-order valence-corrected chi connectivity index (χ1v) is 8.19.